The Morgan fingerprint density at radius 2 is 2.13 bits per heavy atom. The zero-order valence-corrected chi connectivity index (χ0v) is 17.4. The molecule has 2 fully saturated rings. The Morgan fingerprint density at radius 3 is 2.70 bits per heavy atom. The quantitative estimate of drug-likeness (QED) is 0.700. The number of aromatic nitrogens is 1. The molecule has 3 rings (SSSR count). The van der Waals surface area contributed by atoms with E-state index in [0.29, 0.717) is 6.54 Å². The molecule has 2 atom stereocenters. The predicted octanol–water partition coefficient (Wildman–Crippen LogP) is 1.78. The number of ether oxygens (including phenoxy) is 1. The largest absolute Gasteiger partial charge is 0.490 e. The summed E-state index contributed by atoms with van der Waals surface area (Å²) in [5, 5.41) is 7.12. The van der Waals surface area contributed by atoms with Gasteiger partial charge < -0.3 is 9.84 Å². The van der Waals surface area contributed by atoms with Gasteiger partial charge >= 0.3 is 12.1 Å². The van der Waals surface area contributed by atoms with Gasteiger partial charge in [-0.1, -0.05) is 6.07 Å². The van der Waals surface area contributed by atoms with Gasteiger partial charge in [-0.05, 0) is 37.3 Å². The van der Waals surface area contributed by atoms with Gasteiger partial charge in [-0.2, -0.15) is 13.2 Å². The molecule has 8 nitrogen and oxygen atoms in total. The molecule has 2 aliphatic rings. The van der Waals surface area contributed by atoms with Gasteiger partial charge in [0.2, 0.25) is 10.0 Å². The number of rotatable bonds is 5. The van der Waals surface area contributed by atoms with Crippen LogP contribution in [0.5, 0.6) is 0 Å². The SMILES string of the molecule is CS(=O)(=O)NC[C@H]1CCC[C@]2(CCN(Cc3cccnc3)C2)O1.O=C(O)C(F)(F)F. The van der Waals surface area contributed by atoms with Crippen LogP contribution >= 0.6 is 0 Å². The second-order valence-electron chi connectivity index (χ2n) is 7.56. The molecule has 2 saturated heterocycles. The van der Waals surface area contributed by atoms with Crippen LogP contribution in [-0.2, 0) is 26.1 Å². The molecule has 30 heavy (non-hydrogen) atoms. The minimum Gasteiger partial charge on any atom is -0.475 e. The number of sulfonamides is 1. The molecule has 0 unspecified atom stereocenters. The number of carboxylic acids is 1. The number of alkyl halides is 3. The van der Waals surface area contributed by atoms with Crippen LogP contribution < -0.4 is 4.72 Å². The lowest BCUT2D eigenvalue weighted by molar-refractivity contribution is -0.192. The number of carboxylic acid groups (broad SMARTS) is 1. The number of nitrogens with zero attached hydrogens (tertiary/aromatic N) is 2. The molecule has 1 spiro atoms. The van der Waals surface area contributed by atoms with E-state index in [0.717, 1.165) is 45.3 Å². The van der Waals surface area contributed by atoms with Crippen LogP contribution in [0.4, 0.5) is 13.2 Å². The Balaban J connectivity index is 0.000000396. The smallest absolute Gasteiger partial charge is 0.475 e. The van der Waals surface area contributed by atoms with Crippen molar-refractivity contribution in [1.82, 2.24) is 14.6 Å². The summed E-state index contributed by atoms with van der Waals surface area (Å²) in [7, 11) is -3.16. The maximum Gasteiger partial charge on any atom is 0.490 e. The van der Waals surface area contributed by atoms with Gasteiger partial charge in [0.05, 0.1) is 18.0 Å². The fourth-order valence-electron chi connectivity index (χ4n) is 3.62. The Kier molecular flexibility index (Phi) is 8.20. The lowest BCUT2D eigenvalue weighted by atomic mass is 9.90. The highest BCUT2D eigenvalue weighted by molar-refractivity contribution is 7.88. The minimum absolute atomic E-state index is 0.0168. The molecule has 1 aromatic rings. The first-order valence-corrected chi connectivity index (χ1v) is 11.3. The molecule has 170 valence electrons. The highest BCUT2D eigenvalue weighted by atomic mass is 32.2. The minimum atomic E-state index is -5.08. The van der Waals surface area contributed by atoms with E-state index in [1.54, 1.807) is 6.20 Å². The highest BCUT2D eigenvalue weighted by Gasteiger charge is 2.43. The number of likely N-dealkylation sites (tertiary alicyclic amines) is 1. The van der Waals surface area contributed by atoms with Crippen molar-refractivity contribution < 1.29 is 36.2 Å². The average molecular weight is 453 g/mol. The fraction of sp³-hybridized carbons (Fsp3) is 0.667. The van der Waals surface area contributed by atoms with E-state index in [1.165, 1.54) is 11.8 Å². The first kappa shape index (κ1) is 24.5. The molecule has 2 aliphatic heterocycles. The van der Waals surface area contributed by atoms with Gasteiger partial charge in [0.25, 0.3) is 0 Å². The molecule has 3 heterocycles. The molecular weight excluding hydrogens is 427 g/mol. The topological polar surface area (TPSA) is 109 Å². The summed E-state index contributed by atoms with van der Waals surface area (Å²) in [4.78, 5) is 15.5. The Labute approximate surface area is 173 Å². The number of hydrogen-bond donors (Lipinski definition) is 2. The normalized spacial score (nSPS) is 25.0. The van der Waals surface area contributed by atoms with E-state index in [9.17, 15) is 21.6 Å². The number of halogens is 3. The van der Waals surface area contributed by atoms with Crippen molar-refractivity contribution >= 4 is 16.0 Å². The van der Waals surface area contributed by atoms with Crippen LogP contribution in [0.15, 0.2) is 24.5 Å². The van der Waals surface area contributed by atoms with E-state index in [4.69, 9.17) is 14.6 Å². The van der Waals surface area contributed by atoms with Crippen molar-refractivity contribution in [3.63, 3.8) is 0 Å². The Morgan fingerprint density at radius 1 is 1.43 bits per heavy atom. The van der Waals surface area contributed by atoms with Crippen LogP contribution in [-0.4, -0.2) is 73.1 Å². The van der Waals surface area contributed by atoms with Crippen molar-refractivity contribution in [2.45, 2.75) is 50.1 Å². The van der Waals surface area contributed by atoms with Crippen molar-refractivity contribution in [1.29, 1.82) is 0 Å². The van der Waals surface area contributed by atoms with Crippen LogP contribution in [0, 0.1) is 0 Å². The lowest BCUT2D eigenvalue weighted by Gasteiger charge is -2.38. The third-order valence-corrected chi connectivity index (χ3v) is 5.61. The second kappa shape index (κ2) is 10.0. The van der Waals surface area contributed by atoms with Crippen molar-refractivity contribution in [2.75, 3.05) is 25.9 Å². The summed E-state index contributed by atoms with van der Waals surface area (Å²) >= 11 is 0. The van der Waals surface area contributed by atoms with Gasteiger partial charge in [-0.3, -0.25) is 9.88 Å². The lowest BCUT2D eigenvalue weighted by Crippen LogP contribution is -2.46. The van der Waals surface area contributed by atoms with Gasteiger partial charge in [0, 0.05) is 38.6 Å². The summed E-state index contributed by atoms with van der Waals surface area (Å²) in [6.45, 7) is 3.20. The summed E-state index contributed by atoms with van der Waals surface area (Å²) in [6.07, 6.45) is 3.89. The van der Waals surface area contributed by atoms with E-state index in [1.807, 2.05) is 12.3 Å². The number of hydrogen-bond acceptors (Lipinski definition) is 6. The second-order valence-corrected chi connectivity index (χ2v) is 9.39. The van der Waals surface area contributed by atoms with Crippen molar-refractivity contribution in [2.24, 2.45) is 0 Å². The van der Waals surface area contributed by atoms with Gasteiger partial charge in [-0.15, -0.1) is 0 Å². The van der Waals surface area contributed by atoms with Crippen molar-refractivity contribution in [3.8, 4) is 0 Å². The van der Waals surface area contributed by atoms with Crippen LogP contribution in [0.1, 0.15) is 31.2 Å². The number of carbonyl (C=O) groups is 1. The first-order valence-electron chi connectivity index (χ1n) is 9.42. The fourth-order valence-corrected chi connectivity index (χ4v) is 4.11. The molecule has 0 bridgehead atoms. The monoisotopic (exact) mass is 453 g/mol. The molecule has 0 aliphatic carbocycles. The zero-order valence-electron chi connectivity index (χ0n) is 16.6. The van der Waals surface area contributed by atoms with Gasteiger partial charge in [0.1, 0.15) is 0 Å². The van der Waals surface area contributed by atoms with E-state index >= 15 is 0 Å². The standard InChI is InChI=1S/C16H25N3O3S.C2HF3O2/c1-23(20,21)18-11-15-5-2-6-16(22-15)7-9-19(13-16)12-14-4-3-8-17-10-14;3-2(4,5)1(6)7/h3-4,8,10,15,18H,2,5-7,9,11-13H2,1H3;(H,6,7)/t15-,16-;/m1./s1. The number of aliphatic carboxylic acids is 1. The Hall–Kier alpha value is -1.76. The van der Waals surface area contributed by atoms with Crippen LogP contribution in [0.3, 0.4) is 0 Å². The van der Waals surface area contributed by atoms with Crippen LogP contribution in [0.25, 0.3) is 0 Å². The molecular formula is C18H26F3N3O5S. The summed E-state index contributed by atoms with van der Waals surface area (Å²) in [5.74, 6) is -2.76. The highest BCUT2D eigenvalue weighted by Crippen LogP contribution is 2.37. The molecule has 0 amide bonds. The zero-order chi connectivity index (χ0) is 22.4. The summed E-state index contributed by atoms with van der Waals surface area (Å²) in [6, 6.07) is 4.06. The van der Waals surface area contributed by atoms with E-state index in [2.05, 4.69) is 20.7 Å². The molecule has 0 aromatic carbocycles. The number of pyridine rings is 1. The average Bonchev–Trinajstić information content (AvgIpc) is 3.02. The maximum absolute atomic E-state index is 11.3. The third kappa shape index (κ3) is 8.17. The maximum atomic E-state index is 11.3. The van der Waals surface area contributed by atoms with Crippen molar-refractivity contribution in [3.05, 3.63) is 30.1 Å². The Bertz CT molecular complexity index is 807. The predicted molar refractivity (Wildman–Crippen MR) is 102 cm³/mol. The summed E-state index contributed by atoms with van der Waals surface area (Å²) in [5.41, 5.74) is 1.11. The first-order chi connectivity index (χ1) is 13.9. The molecule has 12 heteroatoms. The third-order valence-electron chi connectivity index (χ3n) is 4.92. The molecule has 0 radical (unpaired) electrons. The molecule has 0 saturated carbocycles. The van der Waals surface area contributed by atoms with Crippen LogP contribution in [0.2, 0.25) is 0 Å². The summed E-state index contributed by atoms with van der Waals surface area (Å²) < 4.78 is 63.1. The van der Waals surface area contributed by atoms with E-state index < -0.39 is 22.2 Å². The molecule has 1 aromatic heterocycles. The van der Waals surface area contributed by atoms with Gasteiger partial charge in [-0.25, -0.2) is 17.9 Å². The van der Waals surface area contributed by atoms with Gasteiger partial charge in [0.15, 0.2) is 0 Å². The van der Waals surface area contributed by atoms with E-state index in [-0.39, 0.29) is 11.7 Å². The molecule has 2 N–H and O–H groups in total. The number of nitrogens with one attached hydrogen (secondary N) is 1.